The Morgan fingerprint density at radius 3 is 2.48 bits per heavy atom. The van der Waals surface area contributed by atoms with Gasteiger partial charge in [0.25, 0.3) is 0 Å². The lowest BCUT2D eigenvalue weighted by atomic mass is 9.97. The summed E-state index contributed by atoms with van der Waals surface area (Å²) in [4.78, 5) is 10.6. The van der Waals surface area contributed by atoms with Crippen LogP contribution in [0.5, 0.6) is 0 Å². The number of nitriles is 1. The van der Waals surface area contributed by atoms with Crippen molar-refractivity contribution in [2.75, 3.05) is 6.54 Å². The number of hydrogen-bond donors (Lipinski definition) is 2. The zero-order chi connectivity index (χ0) is 16.4. The number of aromatic carboxylic acids is 1. The lowest BCUT2D eigenvalue weighted by Gasteiger charge is -2.17. The fourth-order valence-electron chi connectivity index (χ4n) is 1.31. The van der Waals surface area contributed by atoms with Crippen LogP contribution >= 0.6 is 23.2 Å². The molecule has 0 bridgehead atoms. The monoisotopic (exact) mass is 350 g/mol. The van der Waals surface area contributed by atoms with Crippen LogP contribution in [0.1, 0.15) is 24.2 Å². The first-order chi connectivity index (χ1) is 9.50. The Morgan fingerprint density at radius 2 is 2.00 bits per heavy atom. The topological polar surface area (TPSA) is 107 Å². The molecule has 0 heterocycles. The summed E-state index contributed by atoms with van der Waals surface area (Å²) in [7, 11) is -4.09. The van der Waals surface area contributed by atoms with Crippen molar-refractivity contribution in [1.29, 1.82) is 5.26 Å². The van der Waals surface area contributed by atoms with Crippen LogP contribution in [-0.2, 0) is 10.0 Å². The van der Waals surface area contributed by atoms with E-state index in [0.29, 0.717) is 0 Å². The summed E-state index contributed by atoms with van der Waals surface area (Å²) in [5.41, 5.74) is -1.34. The van der Waals surface area contributed by atoms with Gasteiger partial charge in [0.05, 0.1) is 22.1 Å². The van der Waals surface area contributed by atoms with Crippen LogP contribution in [0.25, 0.3) is 0 Å². The second-order valence-corrected chi connectivity index (χ2v) is 7.44. The van der Waals surface area contributed by atoms with Gasteiger partial charge in [-0.25, -0.2) is 17.9 Å². The Kier molecular flexibility index (Phi) is 5.23. The Morgan fingerprint density at radius 1 is 1.43 bits per heavy atom. The lowest BCUT2D eigenvalue weighted by Crippen LogP contribution is -2.33. The molecule has 2 N–H and O–H groups in total. The zero-order valence-electron chi connectivity index (χ0n) is 11.1. The lowest BCUT2D eigenvalue weighted by molar-refractivity contribution is 0.0697. The van der Waals surface area contributed by atoms with E-state index in [4.69, 9.17) is 33.6 Å². The van der Waals surface area contributed by atoms with Gasteiger partial charge in [-0.3, -0.25) is 0 Å². The van der Waals surface area contributed by atoms with Crippen molar-refractivity contribution in [3.8, 4) is 6.07 Å². The van der Waals surface area contributed by atoms with Gasteiger partial charge in [-0.15, -0.1) is 0 Å². The molecule has 0 amide bonds. The van der Waals surface area contributed by atoms with Gasteiger partial charge >= 0.3 is 5.97 Å². The summed E-state index contributed by atoms with van der Waals surface area (Å²) in [6, 6.07) is 4.05. The highest BCUT2D eigenvalue weighted by Crippen LogP contribution is 2.29. The normalized spacial score (nSPS) is 12.0. The van der Waals surface area contributed by atoms with Crippen LogP contribution in [0.3, 0.4) is 0 Å². The summed E-state index contributed by atoms with van der Waals surface area (Å²) in [5, 5.41) is 17.3. The molecule has 9 heteroatoms. The van der Waals surface area contributed by atoms with Crippen molar-refractivity contribution >= 4 is 39.2 Å². The van der Waals surface area contributed by atoms with E-state index >= 15 is 0 Å². The largest absolute Gasteiger partial charge is 0.478 e. The Bertz CT molecular complexity index is 724. The maximum absolute atomic E-state index is 12.2. The predicted octanol–water partition coefficient (Wildman–Crippen LogP) is 2.52. The minimum Gasteiger partial charge on any atom is -0.478 e. The average molecular weight is 351 g/mol. The number of benzene rings is 1. The van der Waals surface area contributed by atoms with Crippen molar-refractivity contribution in [2.24, 2.45) is 5.41 Å². The molecule has 1 aromatic carbocycles. The number of rotatable bonds is 5. The third-order valence-corrected chi connectivity index (χ3v) is 4.69. The number of hydrogen-bond acceptors (Lipinski definition) is 4. The van der Waals surface area contributed by atoms with E-state index in [9.17, 15) is 13.2 Å². The molecule has 6 nitrogen and oxygen atoms in total. The van der Waals surface area contributed by atoms with E-state index in [1.165, 1.54) is 0 Å². The third kappa shape index (κ3) is 4.32. The van der Waals surface area contributed by atoms with E-state index < -0.39 is 36.9 Å². The molecule has 0 spiro atoms. The zero-order valence-corrected chi connectivity index (χ0v) is 13.5. The smallest absolute Gasteiger partial charge is 0.337 e. The summed E-state index contributed by atoms with van der Waals surface area (Å²) in [6.07, 6.45) is 0. The molecule has 1 rings (SSSR count). The number of nitrogens with one attached hydrogen (secondary N) is 1. The first-order valence-electron chi connectivity index (χ1n) is 5.63. The number of carboxylic acids is 1. The molecule has 0 radical (unpaired) electrons. The van der Waals surface area contributed by atoms with Crippen LogP contribution in [0.4, 0.5) is 0 Å². The number of nitrogens with zero attached hydrogens (tertiary/aromatic N) is 1. The van der Waals surface area contributed by atoms with Crippen molar-refractivity contribution in [2.45, 2.75) is 18.7 Å². The molecule has 21 heavy (non-hydrogen) atoms. The number of carbonyl (C=O) groups is 1. The van der Waals surface area contributed by atoms with Gasteiger partial charge in [0, 0.05) is 11.6 Å². The van der Waals surface area contributed by atoms with Crippen LogP contribution in [-0.4, -0.2) is 26.0 Å². The molecular formula is C12H12Cl2N2O4S. The van der Waals surface area contributed by atoms with E-state index in [1.54, 1.807) is 13.8 Å². The quantitative estimate of drug-likeness (QED) is 0.848. The Labute approximate surface area is 132 Å². The van der Waals surface area contributed by atoms with Gasteiger partial charge < -0.3 is 5.11 Å². The maximum atomic E-state index is 12.2. The second kappa shape index (κ2) is 6.20. The highest BCUT2D eigenvalue weighted by molar-refractivity contribution is 7.89. The summed E-state index contributed by atoms with van der Waals surface area (Å²) >= 11 is 11.5. The van der Waals surface area contributed by atoms with E-state index in [-0.39, 0.29) is 11.6 Å². The van der Waals surface area contributed by atoms with Crippen LogP contribution in [0.2, 0.25) is 10.0 Å². The van der Waals surface area contributed by atoms with Crippen molar-refractivity contribution < 1.29 is 18.3 Å². The van der Waals surface area contributed by atoms with Gasteiger partial charge in [-0.05, 0) is 26.0 Å². The molecule has 0 aromatic heterocycles. The highest BCUT2D eigenvalue weighted by Gasteiger charge is 2.26. The second-order valence-electron chi connectivity index (χ2n) is 4.89. The molecule has 0 aliphatic carbocycles. The fraction of sp³-hybridized carbons (Fsp3) is 0.333. The van der Waals surface area contributed by atoms with Crippen LogP contribution < -0.4 is 4.72 Å². The number of halogens is 2. The van der Waals surface area contributed by atoms with E-state index in [1.807, 2.05) is 6.07 Å². The van der Waals surface area contributed by atoms with Gasteiger partial charge in [0.2, 0.25) is 10.0 Å². The van der Waals surface area contributed by atoms with Crippen LogP contribution in [0, 0.1) is 16.7 Å². The maximum Gasteiger partial charge on any atom is 0.337 e. The molecule has 0 unspecified atom stereocenters. The molecule has 0 fully saturated rings. The predicted molar refractivity (Wildman–Crippen MR) is 78.0 cm³/mol. The molecule has 0 aliphatic rings. The van der Waals surface area contributed by atoms with Gasteiger partial charge in [0.15, 0.2) is 0 Å². The first-order valence-corrected chi connectivity index (χ1v) is 7.87. The SMILES string of the molecule is CC(C)(C#N)CNS(=O)(=O)c1cc(Cl)cc(C(=O)O)c1Cl. The molecule has 0 aliphatic heterocycles. The summed E-state index contributed by atoms with van der Waals surface area (Å²) < 4.78 is 26.6. The van der Waals surface area contributed by atoms with Crippen LogP contribution in [0.15, 0.2) is 17.0 Å². The summed E-state index contributed by atoms with van der Waals surface area (Å²) in [6.45, 7) is 2.95. The van der Waals surface area contributed by atoms with E-state index in [2.05, 4.69) is 4.72 Å². The van der Waals surface area contributed by atoms with Crippen molar-refractivity contribution in [3.05, 3.63) is 27.7 Å². The molecular weight excluding hydrogens is 339 g/mol. The highest BCUT2D eigenvalue weighted by atomic mass is 35.5. The minimum absolute atomic E-state index is 0.0725. The Hall–Kier alpha value is -1.33. The third-order valence-electron chi connectivity index (χ3n) is 2.53. The first kappa shape index (κ1) is 17.7. The van der Waals surface area contributed by atoms with Gasteiger partial charge in [0.1, 0.15) is 4.90 Å². The summed E-state index contributed by atoms with van der Waals surface area (Å²) in [5.74, 6) is -1.39. The standard InChI is InChI=1S/C12H12Cl2N2O4S/c1-12(2,5-15)6-16-21(19,20)9-4-7(13)3-8(10(9)14)11(17)18/h3-4,16H,6H2,1-2H3,(H,17,18). The molecule has 0 saturated heterocycles. The molecule has 0 atom stereocenters. The van der Waals surface area contributed by atoms with E-state index in [0.717, 1.165) is 12.1 Å². The average Bonchev–Trinajstić information content (AvgIpc) is 2.38. The fourth-order valence-corrected chi connectivity index (χ4v) is 3.42. The number of sulfonamides is 1. The number of carboxylic acid groups (broad SMARTS) is 1. The molecule has 1 aromatic rings. The van der Waals surface area contributed by atoms with Gasteiger partial charge in [-0.2, -0.15) is 5.26 Å². The Balaban J connectivity index is 3.27. The van der Waals surface area contributed by atoms with Crippen molar-refractivity contribution in [1.82, 2.24) is 4.72 Å². The minimum atomic E-state index is -4.09. The van der Waals surface area contributed by atoms with Gasteiger partial charge in [-0.1, -0.05) is 23.2 Å². The molecule has 0 saturated carbocycles. The molecule has 114 valence electrons. The van der Waals surface area contributed by atoms with Crippen molar-refractivity contribution in [3.63, 3.8) is 0 Å².